The summed E-state index contributed by atoms with van der Waals surface area (Å²) in [6.45, 7) is 13.8. The van der Waals surface area contributed by atoms with Crippen LogP contribution in [0.25, 0.3) is 0 Å². The molecule has 7 atom stereocenters. The van der Waals surface area contributed by atoms with E-state index in [1.165, 1.54) is 12.0 Å². The summed E-state index contributed by atoms with van der Waals surface area (Å²) in [5.74, 6) is 1.55. The van der Waals surface area contributed by atoms with Crippen molar-refractivity contribution in [2.75, 3.05) is 6.61 Å². The van der Waals surface area contributed by atoms with Crippen LogP contribution < -0.4 is 0 Å². The Kier molecular flexibility index (Phi) is 4.26. The van der Waals surface area contributed by atoms with Gasteiger partial charge in [0.15, 0.2) is 5.79 Å². The minimum absolute atomic E-state index is 0.187. The lowest BCUT2D eigenvalue weighted by Gasteiger charge is -2.66. The molecule has 0 aromatic rings. The molecule has 1 aliphatic heterocycles. The largest absolute Gasteiger partial charge is 0.385 e. The molecule has 0 radical (unpaired) electrons. The Morgan fingerprint density at radius 3 is 2.69 bits per heavy atom. The molecule has 1 saturated heterocycles. The summed E-state index contributed by atoms with van der Waals surface area (Å²) >= 11 is 0. The van der Waals surface area contributed by atoms with Crippen molar-refractivity contribution in [3.8, 4) is 0 Å². The molecule has 2 bridgehead atoms. The second kappa shape index (κ2) is 5.93. The molecule has 0 spiro atoms. The third kappa shape index (κ3) is 2.50. The predicted octanol–water partition coefficient (Wildman–Crippen LogP) is 4.71. The van der Waals surface area contributed by atoms with E-state index in [0.717, 1.165) is 19.4 Å². The molecule has 0 aromatic heterocycles. The van der Waals surface area contributed by atoms with Crippen molar-refractivity contribution in [3.05, 3.63) is 23.8 Å². The maximum absolute atomic E-state index is 11.9. The van der Waals surface area contributed by atoms with E-state index in [4.69, 9.17) is 9.47 Å². The average Bonchev–Trinajstić information content (AvgIpc) is 2.57. The fraction of sp³-hybridized carbons (Fsp3) is 0.826. The zero-order chi connectivity index (χ0) is 18.9. The first kappa shape index (κ1) is 18.7. The van der Waals surface area contributed by atoms with Crippen molar-refractivity contribution in [2.45, 2.75) is 78.3 Å². The molecule has 3 heteroatoms. The molecule has 4 fully saturated rings. The fourth-order valence-electron chi connectivity index (χ4n) is 6.36. The van der Waals surface area contributed by atoms with Crippen molar-refractivity contribution in [2.24, 2.45) is 35.0 Å². The summed E-state index contributed by atoms with van der Waals surface area (Å²) in [7, 11) is 0. The zero-order valence-corrected chi connectivity index (χ0v) is 17.3. The minimum Gasteiger partial charge on any atom is -0.385 e. The standard InChI is InChI=1S/C23H36O3/c1-14(2)9-12-23(24)15(3)17-10-11-22(23,6)18-8-7-16-13-25-21(4,5)26-20(16)19(17)18/h8-9,12,14-17,19-20,24H,7,10-11,13H2,1-6H3/b12-9+/t15?,16-,17?,19+,20+,22?,23?/m0/s1. The molecule has 1 heterocycles. The van der Waals surface area contributed by atoms with Crippen molar-refractivity contribution >= 4 is 0 Å². The predicted molar refractivity (Wildman–Crippen MR) is 104 cm³/mol. The Labute approximate surface area is 158 Å². The molecular formula is C23H36O3. The van der Waals surface area contributed by atoms with Crippen LogP contribution in [-0.2, 0) is 9.47 Å². The summed E-state index contributed by atoms with van der Waals surface area (Å²) < 4.78 is 12.4. The highest BCUT2D eigenvalue weighted by Gasteiger charge is 2.66. The molecule has 5 rings (SSSR count). The van der Waals surface area contributed by atoms with E-state index in [9.17, 15) is 5.11 Å². The highest BCUT2D eigenvalue weighted by molar-refractivity contribution is 5.38. The smallest absolute Gasteiger partial charge is 0.163 e. The van der Waals surface area contributed by atoms with Crippen LogP contribution >= 0.6 is 0 Å². The van der Waals surface area contributed by atoms with Gasteiger partial charge >= 0.3 is 0 Å². The lowest BCUT2D eigenvalue weighted by molar-refractivity contribution is -0.314. The third-order valence-electron chi connectivity index (χ3n) is 7.91. The van der Waals surface area contributed by atoms with Crippen LogP contribution in [0.1, 0.15) is 60.8 Å². The van der Waals surface area contributed by atoms with Crippen LogP contribution in [0.3, 0.4) is 0 Å². The van der Waals surface area contributed by atoms with Crippen molar-refractivity contribution in [3.63, 3.8) is 0 Å². The van der Waals surface area contributed by atoms with Crippen LogP contribution in [-0.4, -0.2) is 29.2 Å². The van der Waals surface area contributed by atoms with Gasteiger partial charge in [-0.15, -0.1) is 0 Å². The van der Waals surface area contributed by atoms with Gasteiger partial charge in [0.2, 0.25) is 0 Å². The second-order valence-corrected chi connectivity index (χ2v) is 10.2. The van der Waals surface area contributed by atoms with Gasteiger partial charge in [0.25, 0.3) is 0 Å². The summed E-state index contributed by atoms with van der Waals surface area (Å²) in [4.78, 5) is 0. The quantitative estimate of drug-likeness (QED) is 0.725. The van der Waals surface area contributed by atoms with E-state index in [-0.39, 0.29) is 17.4 Å². The average molecular weight is 361 g/mol. The second-order valence-electron chi connectivity index (χ2n) is 10.2. The monoisotopic (exact) mass is 360 g/mol. The Morgan fingerprint density at radius 1 is 1.27 bits per heavy atom. The van der Waals surface area contributed by atoms with E-state index < -0.39 is 11.4 Å². The number of hydrogen-bond donors (Lipinski definition) is 1. The normalized spacial score (nSPS) is 49.8. The van der Waals surface area contributed by atoms with Gasteiger partial charge in [-0.1, -0.05) is 51.5 Å². The highest BCUT2D eigenvalue weighted by Crippen LogP contribution is 2.66. The molecule has 26 heavy (non-hydrogen) atoms. The highest BCUT2D eigenvalue weighted by atomic mass is 16.7. The molecular weight excluding hydrogens is 324 g/mol. The molecule has 4 unspecified atom stereocenters. The van der Waals surface area contributed by atoms with Gasteiger partial charge in [-0.25, -0.2) is 0 Å². The molecule has 1 N–H and O–H groups in total. The van der Waals surface area contributed by atoms with Gasteiger partial charge in [0.05, 0.1) is 18.3 Å². The molecule has 3 saturated carbocycles. The van der Waals surface area contributed by atoms with E-state index in [2.05, 4.69) is 45.9 Å². The molecule has 0 aromatic carbocycles. The van der Waals surface area contributed by atoms with Crippen molar-refractivity contribution in [1.82, 2.24) is 0 Å². The van der Waals surface area contributed by atoms with Crippen LogP contribution in [0.4, 0.5) is 0 Å². The number of allylic oxidation sites excluding steroid dienone is 2. The lowest BCUT2D eigenvalue weighted by atomic mass is 9.41. The van der Waals surface area contributed by atoms with Crippen LogP contribution in [0.15, 0.2) is 23.8 Å². The number of rotatable bonds is 2. The van der Waals surface area contributed by atoms with Crippen molar-refractivity contribution in [1.29, 1.82) is 0 Å². The molecule has 4 aliphatic carbocycles. The minimum atomic E-state index is -0.754. The zero-order valence-electron chi connectivity index (χ0n) is 17.3. The molecule has 3 nitrogen and oxygen atoms in total. The summed E-state index contributed by atoms with van der Waals surface area (Å²) in [5.41, 5.74) is 0.519. The van der Waals surface area contributed by atoms with Gasteiger partial charge in [-0.2, -0.15) is 0 Å². The van der Waals surface area contributed by atoms with E-state index in [0.29, 0.717) is 23.7 Å². The topological polar surface area (TPSA) is 38.7 Å². The SMILES string of the molecule is CC(C)/C=C/C1(O)C(C)C2CCC1(C)C1=CC[C@H]3COC(C)(C)O[C@H]3[C@@H]12. The number of ether oxygens (including phenoxy) is 2. The Hall–Kier alpha value is -0.640. The van der Waals surface area contributed by atoms with E-state index in [1.54, 1.807) is 0 Å². The fourth-order valence-corrected chi connectivity index (χ4v) is 6.36. The Morgan fingerprint density at radius 2 is 2.00 bits per heavy atom. The molecule has 146 valence electrons. The van der Waals surface area contributed by atoms with E-state index >= 15 is 0 Å². The maximum atomic E-state index is 11.9. The van der Waals surface area contributed by atoms with Crippen molar-refractivity contribution < 1.29 is 14.6 Å². The van der Waals surface area contributed by atoms with Gasteiger partial charge in [0.1, 0.15) is 0 Å². The van der Waals surface area contributed by atoms with Crippen LogP contribution in [0.2, 0.25) is 0 Å². The number of aliphatic hydroxyl groups is 1. The Balaban J connectivity index is 1.76. The van der Waals surface area contributed by atoms with Crippen LogP contribution in [0, 0.1) is 35.0 Å². The van der Waals surface area contributed by atoms with Gasteiger partial charge in [0, 0.05) is 17.3 Å². The molecule has 0 amide bonds. The first-order valence-corrected chi connectivity index (χ1v) is 10.5. The van der Waals surface area contributed by atoms with Gasteiger partial charge in [-0.3, -0.25) is 0 Å². The summed E-state index contributed by atoms with van der Waals surface area (Å²) in [6, 6.07) is 0. The first-order valence-electron chi connectivity index (χ1n) is 10.5. The number of fused-ring (bicyclic) bond motifs is 3. The first-order chi connectivity index (χ1) is 12.1. The van der Waals surface area contributed by atoms with E-state index in [1.807, 2.05) is 13.8 Å². The maximum Gasteiger partial charge on any atom is 0.163 e. The third-order valence-corrected chi connectivity index (χ3v) is 7.91. The molecule has 5 aliphatic rings. The van der Waals surface area contributed by atoms with Gasteiger partial charge < -0.3 is 14.6 Å². The summed E-state index contributed by atoms with van der Waals surface area (Å²) in [6.07, 6.45) is 10.2. The summed E-state index contributed by atoms with van der Waals surface area (Å²) in [5, 5.41) is 11.9. The van der Waals surface area contributed by atoms with Gasteiger partial charge in [-0.05, 0) is 50.9 Å². The van der Waals surface area contributed by atoms with Crippen LogP contribution in [0.5, 0.6) is 0 Å². The Bertz CT molecular complexity index is 633. The number of hydrogen-bond acceptors (Lipinski definition) is 3. The lowest BCUT2D eigenvalue weighted by Crippen LogP contribution is -2.67.